The number of urea groups is 1. The first-order valence-corrected chi connectivity index (χ1v) is 5.58. The molecule has 0 bridgehead atoms. The summed E-state index contributed by atoms with van der Waals surface area (Å²) in [5, 5.41) is 0. The minimum absolute atomic E-state index is 0.187. The van der Waals surface area contributed by atoms with Crippen molar-refractivity contribution in [2.45, 2.75) is 39.7 Å². The molecular weight excluding hydrogens is 176 g/mol. The first kappa shape index (κ1) is 11.3. The summed E-state index contributed by atoms with van der Waals surface area (Å²) < 4.78 is 0. The number of carbonyl (C=O) groups excluding carboxylic acids is 1. The number of nitrogens with zero attached hydrogens (tertiary/aromatic N) is 2. The summed E-state index contributed by atoms with van der Waals surface area (Å²) in [5.41, 5.74) is 0. The van der Waals surface area contributed by atoms with Crippen LogP contribution in [0.4, 0.5) is 4.79 Å². The molecule has 0 aromatic carbocycles. The number of carbonyl (C=O) groups is 1. The fourth-order valence-electron chi connectivity index (χ4n) is 1.91. The van der Waals surface area contributed by atoms with Crippen LogP contribution in [0.3, 0.4) is 0 Å². The number of likely N-dealkylation sites (tertiary alicyclic amines) is 1. The predicted octanol–water partition coefficient (Wildman–Crippen LogP) is 2.18. The van der Waals surface area contributed by atoms with E-state index >= 15 is 0 Å². The monoisotopic (exact) mass is 198 g/mol. The van der Waals surface area contributed by atoms with Crippen LogP contribution in [0.15, 0.2) is 0 Å². The van der Waals surface area contributed by atoms with E-state index in [0.29, 0.717) is 12.0 Å². The quantitative estimate of drug-likeness (QED) is 0.633. The SMILES string of the molecule is CCN(C)C(=O)N1CC(C)CCC1C. The molecule has 0 saturated carbocycles. The van der Waals surface area contributed by atoms with Crippen LogP contribution in [0.5, 0.6) is 0 Å². The lowest BCUT2D eigenvalue weighted by atomic mass is 9.95. The van der Waals surface area contributed by atoms with Gasteiger partial charge in [-0.25, -0.2) is 4.79 Å². The Morgan fingerprint density at radius 1 is 1.43 bits per heavy atom. The van der Waals surface area contributed by atoms with E-state index in [-0.39, 0.29) is 6.03 Å². The van der Waals surface area contributed by atoms with Crippen molar-refractivity contribution in [3.05, 3.63) is 0 Å². The molecule has 3 heteroatoms. The van der Waals surface area contributed by atoms with Crippen LogP contribution in [0.25, 0.3) is 0 Å². The molecule has 0 N–H and O–H groups in total. The molecular formula is C11H22N2O. The molecule has 1 saturated heterocycles. The highest BCUT2D eigenvalue weighted by Gasteiger charge is 2.28. The Morgan fingerprint density at radius 2 is 2.07 bits per heavy atom. The minimum atomic E-state index is 0.187. The molecule has 2 atom stereocenters. The Kier molecular flexibility index (Phi) is 3.78. The molecule has 1 aliphatic heterocycles. The van der Waals surface area contributed by atoms with Gasteiger partial charge in [0.25, 0.3) is 0 Å². The Labute approximate surface area is 87.1 Å². The van der Waals surface area contributed by atoms with E-state index in [0.717, 1.165) is 19.5 Å². The third-order valence-corrected chi connectivity index (χ3v) is 3.16. The molecule has 1 rings (SSSR count). The van der Waals surface area contributed by atoms with Crippen LogP contribution in [-0.2, 0) is 0 Å². The number of hydrogen-bond donors (Lipinski definition) is 0. The lowest BCUT2D eigenvalue weighted by Gasteiger charge is -2.38. The Morgan fingerprint density at radius 3 is 2.64 bits per heavy atom. The summed E-state index contributed by atoms with van der Waals surface area (Å²) in [5.74, 6) is 0.653. The van der Waals surface area contributed by atoms with Gasteiger partial charge in [-0.1, -0.05) is 6.92 Å². The average Bonchev–Trinajstić information content (AvgIpc) is 2.19. The Balaban J connectivity index is 2.60. The van der Waals surface area contributed by atoms with Crippen LogP contribution in [0, 0.1) is 5.92 Å². The van der Waals surface area contributed by atoms with Gasteiger partial charge in [-0.15, -0.1) is 0 Å². The molecule has 3 nitrogen and oxygen atoms in total. The lowest BCUT2D eigenvalue weighted by molar-refractivity contribution is 0.112. The second-order valence-corrected chi connectivity index (χ2v) is 4.48. The van der Waals surface area contributed by atoms with Crippen molar-refractivity contribution in [3.63, 3.8) is 0 Å². The number of rotatable bonds is 1. The number of piperidine rings is 1. The van der Waals surface area contributed by atoms with Crippen molar-refractivity contribution in [2.24, 2.45) is 5.92 Å². The van der Waals surface area contributed by atoms with Gasteiger partial charge in [-0.05, 0) is 32.6 Å². The van der Waals surface area contributed by atoms with E-state index in [1.165, 1.54) is 6.42 Å². The molecule has 14 heavy (non-hydrogen) atoms. The van der Waals surface area contributed by atoms with E-state index < -0.39 is 0 Å². The smallest absolute Gasteiger partial charge is 0.319 e. The van der Waals surface area contributed by atoms with E-state index in [1.54, 1.807) is 4.90 Å². The van der Waals surface area contributed by atoms with E-state index in [9.17, 15) is 4.79 Å². The maximum absolute atomic E-state index is 11.9. The van der Waals surface area contributed by atoms with Crippen molar-refractivity contribution in [3.8, 4) is 0 Å². The molecule has 0 aliphatic carbocycles. The van der Waals surface area contributed by atoms with Crippen LogP contribution in [-0.4, -0.2) is 42.0 Å². The third kappa shape index (κ3) is 2.40. The minimum Gasteiger partial charge on any atom is -0.328 e. The van der Waals surface area contributed by atoms with Crippen LogP contribution in [0.1, 0.15) is 33.6 Å². The normalized spacial score (nSPS) is 27.6. The highest BCUT2D eigenvalue weighted by molar-refractivity contribution is 5.74. The fourth-order valence-corrected chi connectivity index (χ4v) is 1.91. The first-order chi connectivity index (χ1) is 6.56. The summed E-state index contributed by atoms with van der Waals surface area (Å²) in [6, 6.07) is 0.597. The van der Waals surface area contributed by atoms with E-state index in [4.69, 9.17) is 0 Å². The largest absolute Gasteiger partial charge is 0.328 e. The molecule has 2 unspecified atom stereocenters. The van der Waals surface area contributed by atoms with Crippen molar-refractivity contribution in [1.82, 2.24) is 9.80 Å². The zero-order valence-corrected chi connectivity index (χ0v) is 9.79. The predicted molar refractivity (Wildman–Crippen MR) is 58.3 cm³/mol. The third-order valence-electron chi connectivity index (χ3n) is 3.16. The van der Waals surface area contributed by atoms with Gasteiger partial charge in [-0.3, -0.25) is 0 Å². The number of amides is 2. The summed E-state index contributed by atoms with van der Waals surface area (Å²) >= 11 is 0. The summed E-state index contributed by atoms with van der Waals surface area (Å²) in [6.45, 7) is 8.09. The van der Waals surface area contributed by atoms with Gasteiger partial charge in [0.1, 0.15) is 0 Å². The summed E-state index contributed by atoms with van der Waals surface area (Å²) in [6.07, 6.45) is 2.39. The molecule has 0 spiro atoms. The summed E-state index contributed by atoms with van der Waals surface area (Å²) in [4.78, 5) is 15.7. The number of hydrogen-bond acceptors (Lipinski definition) is 1. The average molecular weight is 198 g/mol. The van der Waals surface area contributed by atoms with Crippen molar-refractivity contribution in [1.29, 1.82) is 0 Å². The topological polar surface area (TPSA) is 23.6 Å². The maximum atomic E-state index is 11.9. The van der Waals surface area contributed by atoms with Crippen molar-refractivity contribution in [2.75, 3.05) is 20.1 Å². The Bertz CT molecular complexity index is 205. The maximum Gasteiger partial charge on any atom is 0.319 e. The zero-order valence-electron chi connectivity index (χ0n) is 9.79. The van der Waals surface area contributed by atoms with Gasteiger partial charge >= 0.3 is 6.03 Å². The van der Waals surface area contributed by atoms with Gasteiger partial charge in [0.15, 0.2) is 0 Å². The second kappa shape index (κ2) is 4.67. The van der Waals surface area contributed by atoms with Gasteiger partial charge in [0.05, 0.1) is 0 Å². The second-order valence-electron chi connectivity index (χ2n) is 4.48. The summed E-state index contributed by atoms with van der Waals surface area (Å²) in [7, 11) is 1.87. The van der Waals surface area contributed by atoms with Crippen LogP contribution < -0.4 is 0 Å². The molecule has 2 amide bonds. The molecule has 1 aliphatic rings. The standard InChI is InChI=1S/C11H22N2O/c1-5-12(4)11(14)13-8-9(2)6-7-10(13)3/h9-10H,5-8H2,1-4H3. The highest BCUT2D eigenvalue weighted by Crippen LogP contribution is 2.22. The van der Waals surface area contributed by atoms with Crippen LogP contribution in [0.2, 0.25) is 0 Å². The molecule has 0 radical (unpaired) electrons. The highest BCUT2D eigenvalue weighted by atomic mass is 16.2. The molecule has 82 valence electrons. The lowest BCUT2D eigenvalue weighted by Crippen LogP contribution is -2.49. The zero-order chi connectivity index (χ0) is 10.7. The van der Waals surface area contributed by atoms with Gasteiger partial charge in [-0.2, -0.15) is 0 Å². The van der Waals surface area contributed by atoms with Gasteiger partial charge in [0, 0.05) is 26.2 Å². The Hall–Kier alpha value is -0.730. The van der Waals surface area contributed by atoms with E-state index in [1.807, 2.05) is 18.9 Å². The molecule has 1 heterocycles. The van der Waals surface area contributed by atoms with Crippen molar-refractivity contribution < 1.29 is 4.79 Å². The first-order valence-electron chi connectivity index (χ1n) is 5.58. The molecule has 0 aromatic rings. The van der Waals surface area contributed by atoms with Gasteiger partial charge < -0.3 is 9.80 Å². The molecule has 1 fully saturated rings. The van der Waals surface area contributed by atoms with E-state index in [2.05, 4.69) is 13.8 Å². The fraction of sp³-hybridized carbons (Fsp3) is 0.909. The molecule has 0 aromatic heterocycles. The van der Waals surface area contributed by atoms with Crippen LogP contribution >= 0.6 is 0 Å². The van der Waals surface area contributed by atoms with Gasteiger partial charge in [0.2, 0.25) is 0 Å². The van der Waals surface area contributed by atoms with Crippen molar-refractivity contribution >= 4 is 6.03 Å².